The van der Waals surface area contributed by atoms with Crippen LogP contribution in [0.4, 0.5) is 0 Å². The van der Waals surface area contributed by atoms with Gasteiger partial charge in [0.05, 0.1) is 11.4 Å². The lowest BCUT2D eigenvalue weighted by atomic mass is 10.3. The molecule has 0 aliphatic rings. The van der Waals surface area contributed by atoms with Gasteiger partial charge in [-0.2, -0.15) is 5.10 Å². The number of thioether (sulfide) groups is 1. The molecular weight excluding hydrogens is 270 g/mol. The molecule has 2 aromatic rings. The highest BCUT2D eigenvalue weighted by Gasteiger charge is 2.18. The summed E-state index contributed by atoms with van der Waals surface area (Å²) in [5, 5.41) is 15.1. The summed E-state index contributed by atoms with van der Waals surface area (Å²) in [6.07, 6.45) is 0.758. The monoisotopic (exact) mass is 291 g/mol. The van der Waals surface area contributed by atoms with Crippen molar-refractivity contribution in [2.45, 2.75) is 37.1 Å². The normalized spacial score (nSPS) is 12.6. The van der Waals surface area contributed by atoms with Crippen molar-refractivity contribution in [3.63, 3.8) is 0 Å². The first kappa shape index (κ1) is 15.1. The average molecular weight is 291 g/mol. The Hall–Kier alpha value is -1.30. The lowest BCUT2D eigenvalue weighted by Gasteiger charge is -2.13. The summed E-state index contributed by atoms with van der Waals surface area (Å²) in [6.45, 7) is 4.78. The van der Waals surface area contributed by atoms with Crippen molar-refractivity contribution >= 4 is 11.8 Å². The summed E-state index contributed by atoms with van der Waals surface area (Å²) in [5.41, 5.74) is 8.97. The molecule has 20 heavy (non-hydrogen) atoms. The molecule has 0 saturated heterocycles. The number of nitrogens with two attached hydrogens (primary N) is 1. The van der Waals surface area contributed by atoms with Gasteiger partial charge >= 0.3 is 0 Å². The standard InChI is InChI=1S/C15H21N3OS/c1-11(8-9-19)20-15-14(10-16)12(2)17-18(15)13-6-4-3-5-7-13/h3-7,11,19H,8-10,16H2,1-2H3. The maximum absolute atomic E-state index is 9.07. The zero-order chi connectivity index (χ0) is 14.5. The summed E-state index contributed by atoms with van der Waals surface area (Å²) in [5.74, 6) is 0. The molecule has 0 fully saturated rings. The van der Waals surface area contributed by atoms with E-state index in [4.69, 9.17) is 10.8 Å². The van der Waals surface area contributed by atoms with Crippen LogP contribution in [0.5, 0.6) is 0 Å². The van der Waals surface area contributed by atoms with Crippen LogP contribution >= 0.6 is 11.8 Å². The fourth-order valence-electron chi connectivity index (χ4n) is 2.07. The number of aliphatic hydroxyl groups excluding tert-OH is 1. The Bertz CT molecular complexity index is 554. The lowest BCUT2D eigenvalue weighted by molar-refractivity contribution is 0.289. The fraction of sp³-hybridized carbons (Fsp3) is 0.400. The molecule has 2 rings (SSSR count). The minimum absolute atomic E-state index is 0.199. The van der Waals surface area contributed by atoms with E-state index >= 15 is 0 Å². The third-order valence-electron chi connectivity index (χ3n) is 3.19. The van der Waals surface area contributed by atoms with Crippen molar-refractivity contribution in [3.8, 4) is 5.69 Å². The van der Waals surface area contributed by atoms with E-state index in [-0.39, 0.29) is 6.61 Å². The summed E-state index contributed by atoms with van der Waals surface area (Å²) in [7, 11) is 0. The third kappa shape index (κ3) is 3.23. The number of benzene rings is 1. The molecule has 0 saturated carbocycles. The van der Waals surface area contributed by atoms with Gasteiger partial charge in [0.2, 0.25) is 0 Å². The molecule has 1 aromatic carbocycles. The number of rotatable bonds is 6. The number of aliphatic hydroxyl groups is 1. The highest BCUT2D eigenvalue weighted by Crippen LogP contribution is 2.32. The molecule has 0 amide bonds. The van der Waals surface area contributed by atoms with Crippen LogP contribution in [0.15, 0.2) is 35.4 Å². The Labute approximate surface area is 124 Å². The minimum atomic E-state index is 0.199. The molecule has 1 atom stereocenters. The molecule has 1 aromatic heterocycles. The topological polar surface area (TPSA) is 64.1 Å². The van der Waals surface area contributed by atoms with E-state index in [1.807, 2.05) is 41.9 Å². The average Bonchev–Trinajstić information content (AvgIpc) is 2.76. The number of para-hydroxylation sites is 1. The first-order valence-electron chi connectivity index (χ1n) is 6.78. The lowest BCUT2D eigenvalue weighted by Crippen LogP contribution is -2.06. The molecule has 0 radical (unpaired) electrons. The number of aryl methyl sites for hydroxylation is 1. The Balaban J connectivity index is 2.41. The number of nitrogens with zero attached hydrogens (tertiary/aromatic N) is 2. The van der Waals surface area contributed by atoms with Crippen molar-refractivity contribution in [3.05, 3.63) is 41.6 Å². The zero-order valence-electron chi connectivity index (χ0n) is 11.9. The van der Waals surface area contributed by atoms with Crippen molar-refractivity contribution < 1.29 is 5.11 Å². The Morgan fingerprint density at radius 1 is 1.35 bits per heavy atom. The summed E-state index contributed by atoms with van der Waals surface area (Å²) in [4.78, 5) is 0. The van der Waals surface area contributed by atoms with Crippen LogP contribution in [-0.2, 0) is 6.54 Å². The molecule has 3 N–H and O–H groups in total. The molecular formula is C15H21N3OS. The van der Waals surface area contributed by atoms with E-state index in [1.54, 1.807) is 11.8 Å². The summed E-state index contributed by atoms with van der Waals surface area (Å²) >= 11 is 1.72. The van der Waals surface area contributed by atoms with E-state index in [0.717, 1.165) is 28.4 Å². The third-order valence-corrected chi connectivity index (χ3v) is 4.47. The second kappa shape index (κ2) is 6.92. The van der Waals surface area contributed by atoms with Crippen molar-refractivity contribution in [2.24, 2.45) is 5.73 Å². The molecule has 0 bridgehead atoms. The van der Waals surface area contributed by atoms with E-state index in [0.29, 0.717) is 11.8 Å². The summed E-state index contributed by atoms with van der Waals surface area (Å²) < 4.78 is 1.95. The smallest absolute Gasteiger partial charge is 0.105 e. The van der Waals surface area contributed by atoms with Gasteiger partial charge in [0.1, 0.15) is 5.03 Å². The zero-order valence-corrected chi connectivity index (χ0v) is 12.7. The first-order chi connectivity index (χ1) is 9.67. The van der Waals surface area contributed by atoms with Gasteiger partial charge in [0.15, 0.2) is 0 Å². The molecule has 0 aliphatic carbocycles. The van der Waals surface area contributed by atoms with E-state index in [2.05, 4.69) is 12.0 Å². The van der Waals surface area contributed by atoms with Crippen molar-refractivity contribution in [1.82, 2.24) is 9.78 Å². The summed E-state index contributed by atoms with van der Waals surface area (Å²) in [6, 6.07) is 10.1. The second-order valence-electron chi connectivity index (χ2n) is 4.76. The van der Waals surface area contributed by atoms with Crippen LogP contribution in [0.25, 0.3) is 5.69 Å². The minimum Gasteiger partial charge on any atom is -0.396 e. The van der Waals surface area contributed by atoms with Crippen LogP contribution < -0.4 is 5.73 Å². The second-order valence-corrected chi connectivity index (χ2v) is 6.19. The number of hydrogen-bond acceptors (Lipinski definition) is 4. The van der Waals surface area contributed by atoms with E-state index in [9.17, 15) is 0 Å². The van der Waals surface area contributed by atoms with E-state index in [1.165, 1.54) is 0 Å². The van der Waals surface area contributed by atoms with Crippen LogP contribution in [0.2, 0.25) is 0 Å². The van der Waals surface area contributed by atoms with Gasteiger partial charge in [-0.05, 0) is 25.5 Å². The molecule has 1 heterocycles. The molecule has 5 heteroatoms. The predicted molar refractivity (Wildman–Crippen MR) is 83.2 cm³/mol. The fourth-order valence-corrected chi connectivity index (χ4v) is 3.29. The van der Waals surface area contributed by atoms with Gasteiger partial charge in [-0.25, -0.2) is 4.68 Å². The Kier molecular flexibility index (Phi) is 5.23. The van der Waals surface area contributed by atoms with Crippen LogP contribution in [0.1, 0.15) is 24.6 Å². The first-order valence-corrected chi connectivity index (χ1v) is 7.66. The number of hydrogen-bond donors (Lipinski definition) is 2. The van der Waals surface area contributed by atoms with Crippen LogP contribution in [-0.4, -0.2) is 26.7 Å². The SMILES string of the molecule is Cc1nn(-c2ccccc2)c(SC(C)CCO)c1CN. The van der Waals surface area contributed by atoms with Crippen LogP contribution in [0.3, 0.4) is 0 Å². The maximum Gasteiger partial charge on any atom is 0.105 e. The van der Waals surface area contributed by atoms with Crippen molar-refractivity contribution in [2.75, 3.05) is 6.61 Å². The van der Waals surface area contributed by atoms with Gasteiger partial charge < -0.3 is 10.8 Å². The maximum atomic E-state index is 9.07. The van der Waals surface area contributed by atoms with Crippen LogP contribution in [0, 0.1) is 6.92 Å². The molecule has 0 aliphatic heterocycles. The molecule has 108 valence electrons. The highest BCUT2D eigenvalue weighted by atomic mass is 32.2. The van der Waals surface area contributed by atoms with Crippen molar-refractivity contribution in [1.29, 1.82) is 0 Å². The van der Waals surface area contributed by atoms with E-state index < -0.39 is 0 Å². The highest BCUT2D eigenvalue weighted by molar-refractivity contribution is 7.99. The van der Waals surface area contributed by atoms with Gasteiger partial charge in [0, 0.05) is 24.0 Å². The van der Waals surface area contributed by atoms with Gasteiger partial charge in [-0.1, -0.05) is 25.1 Å². The Morgan fingerprint density at radius 2 is 2.05 bits per heavy atom. The molecule has 4 nitrogen and oxygen atoms in total. The molecule has 1 unspecified atom stereocenters. The predicted octanol–water partition coefficient (Wildman–Crippen LogP) is 2.50. The number of aromatic nitrogens is 2. The van der Waals surface area contributed by atoms with Gasteiger partial charge in [0.25, 0.3) is 0 Å². The Morgan fingerprint density at radius 3 is 2.65 bits per heavy atom. The van der Waals surface area contributed by atoms with Gasteiger partial charge in [-0.15, -0.1) is 11.8 Å². The molecule has 0 spiro atoms. The largest absolute Gasteiger partial charge is 0.396 e. The quantitative estimate of drug-likeness (QED) is 0.803. The van der Waals surface area contributed by atoms with Gasteiger partial charge in [-0.3, -0.25) is 0 Å².